The number of imidazole rings is 1. The minimum absolute atomic E-state index is 0.0945. The van der Waals surface area contributed by atoms with Crippen LogP contribution in [-0.4, -0.2) is 146 Å². The maximum Gasteiger partial charge on any atom is 0.247 e. The smallest absolute Gasteiger partial charge is 0.247 e. The Balaban J connectivity index is 1.47. The number of carbonyl (C=O) groups excluding carboxylic acids is 5. The molecule has 0 radical (unpaired) electrons. The number of hydrogen-bond acceptors (Lipinski definition) is 10. The maximum atomic E-state index is 15.7. The third-order valence-electron chi connectivity index (χ3n) is 15.0. The number of carbonyl (C=O) groups is 5. The zero-order valence-electron chi connectivity index (χ0n) is 47.3. The van der Waals surface area contributed by atoms with Crippen molar-refractivity contribution in [3.05, 3.63) is 136 Å². The molecule has 1 saturated heterocycles. The van der Waals surface area contributed by atoms with Gasteiger partial charge in [0, 0.05) is 80.9 Å². The van der Waals surface area contributed by atoms with Crippen LogP contribution in [0, 0.1) is 5.92 Å². The number of hydrogen-bond donors (Lipinski definition) is 2. The Bertz CT molecular complexity index is 2840. The molecule has 6 rings (SSSR count). The molecule has 19 heteroatoms. The molecular weight excluding hydrogens is 1050 g/mol. The first-order valence-corrected chi connectivity index (χ1v) is 30.0. The summed E-state index contributed by atoms with van der Waals surface area (Å²) in [4.78, 5) is 86.1. The van der Waals surface area contributed by atoms with Crippen molar-refractivity contribution in [3.8, 4) is 22.8 Å². The standard InChI is InChI=1S/C59H78Cl2N8O8Si/c1-39-33-63-54(70)32-47(29-41-18-23-45(60)24-19-41)67(8)58(74)49(37-75-10)64-56(72)51(38-76-78(11,12)59(2,3)4)69(55(71)30-44(57(73)66(39)7)28-40-16-14-13-15-17-40)35-43-20-25-46(61)31-52(43)77-48-26-21-42(22-27-48)50-34-62-53(68(50)9)36-65(5)6/h13-27,31,34,39,44,47,49,51H,28-30,32-33,35-38H2,1-12H3,(H,63,70)(H,64,72)/t39-,44+,47?,49-,51-/m0/s1. The molecule has 420 valence electrons. The molecule has 1 fully saturated rings. The van der Waals surface area contributed by atoms with E-state index < -0.39 is 56.1 Å². The highest BCUT2D eigenvalue weighted by Crippen LogP contribution is 2.38. The lowest BCUT2D eigenvalue weighted by atomic mass is 9.93. The van der Waals surface area contributed by atoms with Gasteiger partial charge in [0.05, 0.1) is 44.1 Å². The van der Waals surface area contributed by atoms with E-state index in [0.29, 0.717) is 33.7 Å². The number of benzene rings is 4. The molecule has 0 aliphatic carbocycles. The first-order valence-electron chi connectivity index (χ1n) is 26.4. The minimum atomic E-state index is -2.66. The normalized spacial score (nSPS) is 19.9. The average molecular weight is 1130 g/mol. The Morgan fingerprint density at radius 2 is 1.45 bits per heavy atom. The summed E-state index contributed by atoms with van der Waals surface area (Å²) in [5, 5.41) is 6.56. The van der Waals surface area contributed by atoms with Crippen molar-refractivity contribution in [1.29, 1.82) is 0 Å². The molecule has 2 N–H and O–H groups in total. The van der Waals surface area contributed by atoms with Gasteiger partial charge >= 0.3 is 0 Å². The van der Waals surface area contributed by atoms with Gasteiger partial charge in [-0.15, -0.1) is 0 Å². The molecule has 0 spiro atoms. The summed E-state index contributed by atoms with van der Waals surface area (Å²) in [7, 11) is 8.00. The Kier molecular flexibility index (Phi) is 21.3. The number of methoxy groups -OCH3 is 1. The molecule has 4 aromatic carbocycles. The fraction of sp³-hybridized carbons (Fsp3) is 0.458. The summed E-state index contributed by atoms with van der Waals surface area (Å²) in [6.07, 6.45) is 1.91. The molecule has 78 heavy (non-hydrogen) atoms. The number of ether oxygens (including phenoxy) is 2. The van der Waals surface area contributed by atoms with Gasteiger partial charge in [0.15, 0.2) is 8.32 Å². The van der Waals surface area contributed by atoms with E-state index >= 15 is 9.59 Å². The molecule has 5 amide bonds. The Labute approximate surface area is 471 Å². The largest absolute Gasteiger partial charge is 0.457 e. The van der Waals surface area contributed by atoms with Crippen LogP contribution < -0.4 is 15.4 Å². The SMILES string of the molecule is COC[C@@H]1NC(=O)[C@H](CO[Si](C)(C)C(C)(C)C)N(Cc2ccc(Cl)cc2Oc2ccc(-c3cnc(CN(C)C)n3C)cc2)C(=O)C[C@@H](Cc2ccccc2)C(=O)N(C)[C@@H](C)CNC(=O)CC(Cc2ccc(Cl)cc2)N(C)C1=O. The van der Waals surface area contributed by atoms with Crippen molar-refractivity contribution in [3.63, 3.8) is 0 Å². The lowest BCUT2D eigenvalue weighted by molar-refractivity contribution is -0.148. The van der Waals surface area contributed by atoms with Gasteiger partial charge in [0.1, 0.15) is 29.4 Å². The molecule has 1 aliphatic rings. The molecule has 2 heterocycles. The lowest BCUT2D eigenvalue weighted by Gasteiger charge is -2.40. The van der Waals surface area contributed by atoms with E-state index in [2.05, 4.69) is 58.9 Å². The number of nitrogens with zero attached hydrogens (tertiary/aromatic N) is 6. The van der Waals surface area contributed by atoms with E-state index in [4.69, 9.17) is 37.1 Å². The molecule has 0 bridgehead atoms. The first-order chi connectivity index (χ1) is 36.8. The van der Waals surface area contributed by atoms with Gasteiger partial charge in [0.25, 0.3) is 0 Å². The van der Waals surface area contributed by atoms with Crippen LogP contribution >= 0.6 is 23.2 Å². The predicted octanol–water partition coefficient (Wildman–Crippen LogP) is 8.78. The van der Waals surface area contributed by atoms with E-state index in [1.54, 1.807) is 49.3 Å². The van der Waals surface area contributed by atoms with Crippen molar-refractivity contribution < 1.29 is 37.9 Å². The number of likely N-dealkylation sites (N-methyl/N-ethyl adjacent to an activating group) is 2. The summed E-state index contributed by atoms with van der Waals surface area (Å²) in [5.41, 5.74) is 4.02. The van der Waals surface area contributed by atoms with Crippen molar-refractivity contribution in [2.75, 3.05) is 55.1 Å². The van der Waals surface area contributed by atoms with Gasteiger partial charge in [-0.25, -0.2) is 4.98 Å². The number of amides is 5. The van der Waals surface area contributed by atoms with Crippen LogP contribution in [0.5, 0.6) is 11.5 Å². The maximum absolute atomic E-state index is 15.7. The number of rotatable bonds is 16. The Morgan fingerprint density at radius 3 is 2.09 bits per heavy atom. The van der Waals surface area contributed by atoms with Gasteiger partial charge in [-0.1, -0.05) is 92.5 Å². The first kappa shape index (κ1) is 61.1. The molecule has 5 aromatic rings. The summed E-state index contributed by atoms with van der Waals surface area (Å²) >= 11 is 13.0. The van der Waals surface area contributed by atoms with Crippen LogP contribution in [-0.2, 0) is 66.1 Å². The molecule has 1 aromatic heterocycles. The van der Waals surface area contributed by atoms with Gasteiger partial charge in [-0.05, 0) is 112 Å². The third-order valence-corrected chi connectivity index (χ3v) is 20.0. The Morgan fingerprint density at radius 1 is 0.795 bits per heavy atom. The van der Waals surface area contributed by atoms with Gasteiger partial charge in [-0.3, -0.25) is 24.0 Å². The van der Waals surface area contributed by atoms with Crippen molar-refractivity contribution >= 4 is 61.1 Å². The Hall–Kier alpha value is -6.08. The fourth-order valence-corrected chi connectivity index (χ4v) is 10.3. The number of nitrogens with one attached hydrogen (secondary N) is 2. The molecular formula is C59H78Cl2N8O8Si. The average Bonchev–Trinajstić information content (AvgIpc) is 3.77. The van der Waals surface area contributed by atoms with Crippen molar-refractivity contribution in [2.24, 2.45) is 13.0 Å². The lowest BCUT2D eigenvalue weighted by Crippen LogP contribution is -2.60. The van der Waals surface area contributed by atoms with Gasteiger partial charge < -0.3 is 48.7 Å². The summed E-state index contributed by atoms with van der Waals surface area (Å²) < 4.78 is 21.2. The van der Waals surface area contributed by atoms with Crippen molar-refractivity contribution in [2.45, 2.75) is 109 Å². The number of halogens is 2. The fourth-order valence-electron chi connectivity index (χ4n) is 9.02. The topological polar surface area (TPSA) is 168 Å². The quantitative estimate of drug-likeness (QED) is 0.0912. The van der Waals surface area contributed by atoms with Crippen LogP contribution in [0.4, 0.5) is 0 Å². The molecule has 1 aliphatic heterocycles. The second-order valence-electron chi connectivity index (χ2n) is 22.2. The van der Waals surface area contributed by atoms with E-state index in [0.717, 1.165) is 28.2 Å². The van der Waals surface area contributed by atoms with E-state index in [-0.39, 0.29) is 68.8 Å². The van der Waals surface area contributed by atoms with Crippen LogP contribution in [0.2, 0.25) is 28.2 Å². The summed E-state index contributed by atoms with van der Waals surface area (Å²) in [6, 6.07) is 25.5. The molecule has 5 atom stereocenters. The highest BCUT2D eigenvalue weighted by Gasteiger charge is 2.42. The molecule has 1 unspecified atom stereocenters. The summed E-state index contributed by atoms with van der Waals surface area (Å²) in [5.74, 6) is -1.57. The van der Waals surface area contributed by atoms with Crippen LogP contribution in [0.3, 0.4) is 0 Å². The van der Waals surface area contributed by atoms with Crippen molar-refractivity contribution in [1.82, 2.24) is 39.8 Å². The monoisotopic (exact) mass is 1120 g/mol. The highest BCUT2D eigenvalue weighted by atomic mass is 35.5. The number of aromatic nitrogens is 2. The molecule has 16 nitrogen and oxygen atoms in total. The van der Waals surface area contributed by atoms with Crippen LogP contribution in [0.15, 0.2) is 103 Å². The van der Waals surface area contributed by atoms with Gasteiger partial charge in [0.2, 0.25) is 29.5 Å². The van der Waals surface area contributed by atoms with Gasteiger partial charge in [-0.2, -0.15) is 0 Å². The van der Waals surface area contributed by atoms with E-state index in [1.165, 1.54) is 16.9 Å². The summed E-state index contributed by atoms with van der Waals surface area (Å²) in [6.45, 7) is 12.3. The molecule has 0 saturated carbocycles. The highest BCUT2D eigenvalue weighted by molar-refractivity contribution is 6.74. The van der Waals surface area contributed by atoms with E-state index in [1.807, 2.05) is 101 Å². The second-order valence-corrected chi connectivity index (χ2v) is 27.9. The van der Waals surface area contributed by atoms with Crippen LogP contribution in [0.1, 0.15) is 63.1 Å². The van der Waals surface area contributed by atoms with Crippen LogP contribution in [0.25, 0.3) is 11.3 Å². The third kappa shape index (κ3) is 16.3. The zero-order valence-corrected chi connectivity index (χ0v) is 49.8. The predicted molar refractivity (Wildman–Crippen MR) is 309 cm³/mol. The van der Waals surface area contributed by atoms with E-state index in [9.17, 15) is 14.4 Å². The minimum Gasteiger partial charge on any atom is -0.457 e. The second kappa shape index (κ2) is 27.2. The zero-order chi connectivity index (χ0) is 57.1.